The summed E-state index contributed by atoms with van der Waals surface area (Å²) in [6.07, 6.45) is 8.91. The van der Waals surface area contributed by atoms with E-state index in [9.17, 15) is 0 Å². The first-order valence-electron chi connectivity index (χ1n) is 11.5. The molecule has 7 heteroatoms. The van der Waals surface area contributed by atoms with Gasteiger partial charge in [-0.2, -0.15) is 5.10 Å². The second-order valence-corrected chi connectivity index (χ2v) is 9.30. The van der Waals surface area contributed by atoms with Crippen molar-refractivity contribution in [1.29, 1.82) is 0 Å². The SMILES string of the molecule is CN=C(NCC1(c2ccc(C(C)C)cc2)CCCC1)N1CCC(c2ncn[nH]2)CC1.I. The second kappa shape index (κ2) is 10.8. The second-order valence-electron chi connectivity index (χ2n) is 9.30. The van der Waals surface area contributed by atoms with E-state index in [0.717, 1.165) is 44.3 Å². The molecular weight excluding hydrogens is 499 g/mol. The van der Waals surface area contributed by atoms with Crippen LogP contribution in [0.4, 0.5) is 0 Å². The highest BCUT2D eigenvalue weighted by Gasteiger charge is 2.36. The highest BCUT2D eigenvalue weighted by molar-refractivity contribution is 14.0. The summed E-state index contributed by atoms with van der Waals surface area (Å²) in [5.41, 5.74) is 3.13. The Kier molecular flexibility index (Phi) is 8.36. The van der Waals surface area contributed by atoms with Crippen LogP contribution in [0.5, 0.6) is 0 Å². The first-order valence-corrected chi connectivity index (χ1v) is 11.5. The third-order valence-electron chi connectivity index (χ3n) is 7.16. The maximum absolute atomic E-state index is 4.62. The van der Waals surface area contributed by atoms with Gasteiger partial charge in [0.15, 0.2) is 5.96 Å². The number of hydrogen-bond acceptors (Lipinski definition) is 3. The fourth-order valence-corrected chi connectivity index (χ4v) is 5.20. The summed E-state index contributed by atoms with van der Waals surface area (Å²) in [5.74, 6) is 3.11. The summed E-state index contributed by atoms with van der Waals surface area (Å²) in [6, 6.07) is 9.38. The van der Waals surface area contributed by atoms with E-state index in [1.54, 1.807) is 6.33 Å². The van der Waals surface area contributed by atoms with Gasteiger partial charge in [-0.15, -0.1) is 24.0 Å². The zero-order valence-electron chi connectivity index (χ0n) is 19.1. The Labute approximate surface area is 203 Å². The molecule has 0 atom stereocenters. The average molecular weight is 537 g/mol. The van der Waals surface area contributed by atoms with Crippen molar-refractivity contribution in [2.75, 3.05) is 26.7 Å². The van der Waals surface area contributed by atoms with Gasteiger partial charge in [-0.05, 0) is 42.7 Å². The van der Waals surface area contributed by atoms with Crippen molar-refractivity contribution in [3.63, 3.8) is 0 Å². The maximum Gasteiger partial charge on any atom is 0.193 e. The number of nitrogens with one attached hydrogen (secondary N) is 2. The van der Waals surface area contributed by atoms with Crippen molar-refractivity contribution in [3.05, 3.63) is 47.5 Å². The fraction of sp³-hybridized carbons (Fsp3) is 0.625. The summed E-state index contributed by atoms with van der Waals surface area (Å²) in [5, 5.41) is 10.8. The lowest BCUT2D eigenvalue weighted by Gasteiger charge is -2.36. The molecule has 2 N–H and O–H groups in total. The van der Waals surface area contributed by atoms with Crippen molar-refractivity contribution in [2.24, 2.45) is 4.99 Å². The van der Waals surface area contributed by atoms with Crippen LogP contribution in [0.15, 0.2) is 35.6 Å². The maximum atomic E-state index is 4.62. The normalized spacial score (nSPS) is 19.5. The number of piperidine rings is 1. The van der Waals surface area contributed by atoms with Crippen LogP contribution in [0, 0.1) is 0 Å². The number of aromatic amines is 1. The van der Waals surface area contributed by atoms with Crippen molar-refractivity contribution in [2.45, 2.75) is 69.6 Å². The summed E-state index contributed by atoms with van der Waals surface area (Å²) < 4.78 is 0. The Morgan fingerprint density at radius 2 is 1.87 bits per heavy atom. The lowest BCUT2D eigenvalue weighted by Crippen LogP contribution is -2.49. The van der Waals surface area contributed by atoms with E-state index in [2.05, 4.69) is 68.5 Å². The lowest BCUT2D eigenvalue weighted by molar-refractivity contribution is 0.295. The smallest absolute Gasteiger partial charge is 0.193 e. The van der Waals surface area contributed by atoms with Gasteiger partial charge in [0, 0.05) is 38.0 Å². The molecule has 4 rings (SSSR count). The van der Waals surface area contributed by atoms with E-state index in [1.165, 1.54) is 36.8 Å². The fourth-order valence-electron chi connectivity index (χ4n) is 5.20. The molecule has 1 saturated carbocycles. The van der Waals surface area contributed by atoms with E-state index in [4.69, 9.17) is 0 Å². The summed E-state index contributed by atoms with van der Waals surface area (Å²) in [6.45, 7) is 7.49. The van der Waals surface area contributed by atoms with Crippen LogP contribution >= 0.6 is 24.0 Å². The predicted molar refractivity (Wildman–Crippen MR) is 137 cm³/mol. The van der Waals surface area contributed by atoms with Crippen LogP contribution in [0.3, 0.4) is 0 Å². The summed E-state index contributed by atoms with van der Waals surface area (Å²) in [4.78, 5) is 11.4. The van der Waals surface area contributed by atoms with Crippen LogP contribution in [0.25, 0.3) is 0 Å². The Morgan fingerprint density at radius 3 is 2.42 bits per heavy atom. The van der Waals surface area contributed by atoms with Crippen LogP contribution in [-0.4, -0.2) is 52.7 Å². The van der Waals surface area contributed by atoms with Crippen molar-refractivity contribution >= 4 is 29.9 Å². The van der Waals surface area contributed by atoms with E-state index in [-0.39, 0.29) is 29.4 Å². The van der Waals surface area contributed by atoms with Crippen LogP contribution < -0.4 is 5.32 Å². The highest BCUT2D eigenvalue weighted by Crippen LogP contribution is 2.41. The molecule has 1 aromatic heterocycles. The minimum absolute atomic E-state index is 0. The molecule has 0 bridgehead atoms. The largest absolute Gasteiger partial charge is 0.355 e. The molecule has 1 aliphatic heterocycles. The van der Waals surface area contributed by atoms with Gasteiger partial charge in [-0.3, -0.25) is 10.1 Å². The molecule has 31 heavy (non-hydrogen) atoms. The predicted octanol–water partition coefficient (Wildman–Crippen LogP) is 4.81. The van der Waals surface area contributed by atoms with Crippen molar-refractivity contribution < 1.29 is 0 Å². The number of nitrogens with zero attached hydrogens (tertiary/aromatic N) is 4. The third kappa shape index (κ3) is 5.41. The van der Waals surface area contributed by atoms with Gasteiger partial charge in [-0.25, -0.2) is 4.98 Å². The molecule has 0 radical (unpaired) electrons. The molecule has 2 aromatic rings. The van der Waals surface area contributed by atoms with Gasteiger partial charge in [-0.1, -0.05) is 51.0 Å². The number of hydrogen-bond donors (Lipinski definition) is 2. The zero-order chi connectivity index (χ0) is 21.0. The number of rotatable bonds is 5. The Balaban J connectivity index is 0.00000272. The molecule has 0 amide bonds. The van der Waals surface area contributed by atoms with Crippen LogP contribution in [0.2, 0.25) is 0 Å². The van der Waals surface area contributed by atoms with E-state index in [1.807, 2.05) is 7.05 Å². The molecule has 170 valence electrons. The molecule has 1 aliphatic carbocycles. The van der Waals surface area contributed by atoms with Gasteiger partial charge in [0.05, 0.1) is 0 Å². The van der Waals surface area contributed by atoms with E-state index in [0.29, 0.717) is 11.8 Å². The topological polar surface area (TPSA) is 69.2 Å². The van der Waals surface area contributed by atoms with Gasteiger partial charge in [0.2, 0.25) is 0 Å². The van der Waals surface area contributed by atoms with Crippen LogP contribution in [-0.2, 0) is 5.41 Å². The minimum atomic E-state index is 0. The molecule has 0 spiro atoms. The number of guanidine groups is 1. The summed E-state index contributed by atoms with van der Waals surface area (Å²) >= 11 is 0. The monoisotopic (exact) mass is 536 g/mol. The standard InChI is InChI=1S/C24H36N6.HI/c1-18(2)19-6-8-21(9-7-19)24(12-4-5-13-24)16-26-23(25-3)30-14-10-20(11-15-30)22-27-17-28-29-22;/h6-9,17-18,20H,4-5,10-16H2,1-3H3,(H,25,26)(H,27,28,29);1H. The van der Waals surface area contributed by atoms with E-state index < -0.39 is 0 Å². The van der Waals surface area contributed by atoms with Gasteiger partial charge < -0.3 is 10.2 Å². The Morgan fingerprint density at radius 1 is 1.19 bits per heavy atom. The Bertz CT molecular complexity index is 816. The van der Waals surface area contributed by atoms with Crippen molar-refractivity contribution in [3.8, 4) is 0 Å². The summed E-state index contributed by atoms with van der Waals surface area (Å²) in [7, 11) is 1.91. The highest BCUT2D eigenvalue weighted by atomic mass is 127. The van der Waals surface area contributed by atoms with Gasteiger partial charge in [0.25, 0.3) is 0 Å². The zero-order valence-corrected chi connectivity index (χ0v) is 21.4. The molecule has 6 nitrogen and oxygen atoms in total. The quantitative estimate of drug-likeness (QED) is 0.327. The number of halogens is 1. The molecule has 2 fully saturated rings. The third-order valence-corrected chi connectivity index (χ3v) is 7.16. The number of H-pyrrole nitrogens is 1. The Hall–Kier alpha value is -1.64. The molecule has 2 aliphatic rings. The number of likely N-dealkylation sites (tertiary alicyclic amines) is 1. The molecule has 2 heterocycles. The van der Waals surface area contributed by atoms with E-state index >= 15 is 0 Å². The first-order chi connectivity index (χ1) is 14.6. The molecule has 1 saturated heterocycles. The number of aliphatic imine (C=N–C) groups is 1. The molecule has 0 unspecified atom stereocenters. The minimum Gasteiger partial charge on any atom is -0.355 e. The van der Waals surface area contributed by atoms with Crippen LogP contribution in [0.1, 0.15) is 81.2 Å². The number of aromatic nitrogens is 3. The van der Waals surface area contributed by atoms with Gasteiger partial charge >= 0.3 is 0 Å². The van der Waals surface area contributed by atoms with Crippen molar-refractivity contribution in [1.82, 2.24) is 25.4 Å². The molecular formula is C24H37IN6. The first kappa shape index (κ1) is 24.0. The lowest BCUT2D eigenvalue weighted by atomic mass is 9.78. The number of benzene rings is 1. The molecule has 1 aromatic carbocycles. The average Bonchev–Trinajstić information content (AvgIpc) is 3.48. The van der Waals surface area contributed by atoms with Gasteiger partial charge in [0.1, 0.15) is 12.2 Å².